The van der Waals surface area contributed by atoms with Crippen molar-refractivity contribution < 1.29 is 43.8 Å². The number of imide groups is 1. The summed E-state index contributed by atoms with van der Waals surface area (Å²) in [5.41, 5.74) is 9.13. The number of nitrogens with zero attached hydrogens (tertiary/aromatic N) is 5. The molecule has 3 heterocycles. The molecule has 4 amide bonds. The standard InChI is InChI=1S/C33H38N10O10S/c1-16(2)41-42-24(45)9-10-43-25(46)12-23(30(43)49)54-15-18(31(50)51)11-21(44)7-8-22(32(52)53)38-28(47)17-3-5-19(6-4-17)35-13-20-14-36-27-26(37-20)29(48)40-33(34)39-27/h3-6,14,18,22-23,35H,7-13,15H2,1-2H3,(H,38,47)(H,42,45)(H,50,51)(H,52,53)(H3,34,36,39,40,48)/t18-,22-,23?/m0/s1. The lowest BCUT2D eigenvalue weighted by Crippen LogP contribution is -2.41. The Morgan fingerprint density at radius 2 is 1.78 bits per heavy atom. The zero-order valence-electron chi connectivity index (χ0n) is 29.2. The smallest absolute Gasteiger partial charge is 0.326 e. The van der Waals surface area contributed by atoms with Crippen LogP contribution in [0.3, 0.4) is 0 Å². The maximum Gasteiger partial charge on any atom is 0.326 e. The van der Waals surface area contributed by atoms with Gasteiger partial charge in [-0.2, -0.15) is 10.1 Å². The van der Waals surface area contributed by atoms with E-state index in [0.717, 1.165) is 16.7 Å². The summed E-state index contributed by atoms with van der Waals surface area (Å²) in [7, 11) is 0. The van der Waals surface area contributed by atoms with Gasteiger partial charge in [-0.15, -0.1) is 11.8 Å². The number of hydrogen-bond acceptors (Lipinski definition) is 15. The Labute approximate surface area is 310 Å². The van der Waals surface area contributed by atoms with Crippen LogP contribution in [0.4, 0.5) is 11.6 Å². The molecular weight excluding hydrogens is 728 g/mol. The molecule has 0 saturated carbocycles. The number of ketones is 1. The third-order valence-corrected chi connectivity index (χ3v) is 9.28. The van der Waals surface area contributed by atoms with Crippen LogP contribution >= 0.6 is 11.8 Å². The lowest BCUT2D eigenvalue weighted by atomic mass is 10.00. The first-order valence-electron chi connectivity index (χ1n) is 16.5. The van der Waals surface area contributed by atoms with Crippen LogP contribution in [0.25, 0.3) is 11.2 Å². The van der Waals surface area contributed by atoms with Crippen molar-refractivity contribution in [2.45, 2.75) is 63.8 Å². The highest BCUT2D eigenvalue weighted by molar-refractivity contribution is 8.00. The number of nitrogens with two attached hydrogens (primary N) is 1. The Hall–Kier alpha value is -6.25. The van der Waals surface area contributed by atoms with Crippen molar-refractivity contribution in [2.24, 2.45) is 11.0 Å². The van der Waals surface area contributed by atoms with Gasteiger partial charge in [0.05, 0.1) is 29.6 Å². The topological polar surface area (TPSA) is 309 Å². The fraction of sp³-hybridized carbons (Fsp3) is 0.394. The van der Waals surface area contributed by atoms with Crippen LogP contribution in [0.2, 0.25) is 0 Å². The number of amides is 4. The minimum atomic E-state index is -1.45. The normalized spacial score (nSPS) is 15.0. The van der Waals surface area contributed by atoms with Crippen LogP contribution in [0.1, 0.15) is 62.0 Å². The van der Waals surface area contributed by atoms with E-state index in [9.17, 15) is 48.6 Å². The van der Waals surface area contributed by atoms with Gasteiger partial charge in [-0.3, -0.25) is 43.4 Å². The van der Waals surface area contributed by atoms with Crippen molar-refractivity contribution in [3.63, 3.8) is 0 Å². The number of carbonyl (C=O) groups is 7. The highest BCUT2D eigenvalue weighted by atomic mass is 32.2. The highest BCUT2D eigenvalue weighted by Gasteiger charge is 2.39. The van der Waals surface area contributed by atoms with Gasteiger partial charge in [0, 0.05) is 54.9 Å². The summed E-state index contributed by atoms with van der Waals surface area (Å²) in [6.07, 6.45) is -0.0361. The Morgan fingerprint density at radius 1 is 1.06 bits per heavy atom. The van der Waals surface area contributed by atoms with Crippen LogP contribution < -0.4 is 27.4 Å². The second kappa shape index (κ2) is 18.5. The second-order valence-electron chi connectivity index (χ2n) is 12.4. The molecule has 0 bridgehead atoms. The van der Waals surface area contributed by atoms with Crippen LogP contribution in [0.15, 0.2) is 40.4 Å². The van der Waals surface area contributed by atoms with Crippen molar-refractivity contribution in [3.05, 3.63) is 52.1 Å². The summed E-state index contributed by atoms with van der Waals surface area (Å²) < 4.78 is 0. The number of rotatable bonds is 19. The molecule has 1 aromatic carbocycles. The molecular formula is C33H38N10O10S. The first-order chi connectivity index (χ1) is 25.6. The summed E-state index contributed by atoms with van der Waals surface area (Å²) >= 11 is 0.918. The van der Waals surface area contributed by atoms with Crippen molar-refractivity contribution in [1.29, 1.82) is 0 Å². The summed E-state index contributed by atoms with van der Waals surface area (Å²) in [5, 5.41) is 27.7. The van der Waals surface area contributed by atoms with E-state index in [-0.39, 0.29) is 67.2 Å². The van der Waals surface area contributed by atoms with Gasteiger partial charge in [-0.05, 0) is 44.5 Å². The first-order valence-corrected chi connectivity index (χ1v) is 17.5. The number of benzene rings is 1. The van der Waals surface area contributed by atoms with Gasteiger partial charge in [-0.1, -0.05) is 0 Å². The molecule has 4 rings (SSSR count). The molecule has 21 heteroatoms. The maximum atomic E-state index is 12.8. The SMILES string of the molecule is CC(C)=NNC(=O)CCN1C(=O)CC(SC[C@H](CC(=O)CC[C@H](NC(=O)c2ccc(NCc3cnc4nc(N)[nH]c(=O)c4n3)cc2)C(=O)O)C(=O)O)C1=O. The van der Waals surface area contributed by atoms with Gasteiger partial charge in [0.2, 0.25) is 23.7 Å². The number of Topliss-reactive ketones (excluding diaryl/α,β-unsaturated/α-hetero) is 1. The third-order valence-electron chi connectivity index (χ3n) is 7.91. The molecule has 8 N–H and O–H groups in total. The monoisotopic (exact) mass is 766 g/mol. The lowest BCUT2D eigenvalue weighted by molar-refractivity contribution is -0.143. The van der Waals surface area contributed by atoms with Gasteiger partial charge >= 0.3 is 11.9 Å². The molecule has 20 nitrogen and oxygen atoms in total. The molecule has 0 aliphatic carbocycles. The lowest BCUT2D eigenvalue weighted by Gasteiger charge is -2.17. The number of aromatic amines is 1. The minimum absolute atomic E-state index is 0.0171. The zero-order chi connectivity index (χ0) is 39.5. The summed E-state index contributed by atoms with van der Waals surface area (Å²) in [5.74, 6) is -7.02. The van der Waals surface area contributed by atoms with E-state index in [2.05, 4.69) is 41.1 Å². The molecule has 0 radical (unpaired) electrons. The summed E-state index contributed by atoms with van der Waals surface area (Å²) in [6.45, 7) is 3.37. The molecule has 1 unspecified atom stereocenters. The van der Waals surface area contributed by atoms with Crippen molar-refractivity contribution in [3.8, 4) is 0 Å². The number of H-pyrrole nitrogens is 1. The number of carboxylic acid groups (broad SMARTS) is 2. The Kier molecular flexibility index (Phi) is 13.9. The Bertz CT molecular complexity index is 2030. The number of thioether (sulfide) groups is 1. The van der Waals surface area contributed by atoms with Gasteiger partial charge < -0.3 is 26.6 Å². The first kappa shape index (κ1) is 40.5. The van der Waals surface area contributed by atoms with E-state index in [4.69, 9.17) is 5.73 Å². The largest absolute Gasteiger partial charge is 0.481 e. The number of nitrogen functional groups attached to an aromatic ring is 1. The quantitative estimate of drug-likeness (QED) is 0.0490. The fourth-order valence-electron chi connectivity index (χ4n) is 5.08. The van der Waals surface area contributed by atoms with E-state index in [1.165, 1.54) is 18.3 Å². The molecule has 286 valence electrons. The van der Waals surface area contributed by atoms with Crippen LogP contribution in [0.5, 0.6) is 0 Å². The van der Waals surface area contributed by atoms with Gasteiger partial charge in [0.25, 0.3) is 11.5 Å². The number of anilines is 2. The number of hydrogen-bond donors (Lipinski definition) is 7. The summed E-state index contributed by atoms with van der Waals surface area (Å²) in [4.78, 5) is 114. The number of aliphatic carboxylic acids is 2. The molecule has 3 atom stereocenters. The molecule has 54 heavy (non-hydrogen) atoms. The minimum Gasteiger partial charge on any atom is -0.481 e. The number of carboxylic acids is 2. The van der Waals surface area contributed by atoms with Crippen LogP contribution in [0, 0.1) is 5.92 Å². The van der Waals surface area contributed by atoms with Crippen molar-refractivity contribution in [2.75, 3.05) is 23.3 Å². The van der Waals surface area contributed by atoms with E-state index >= 15 is 0 Å². The number of fused-ring (bicyclic) bond motifs is 1. The van der Waals surface area contributed by atoms with Crippen molar-refractivity contribution in [1.82, 2.24) is 35.6 Å². The van der Waals surface area contributed by atoms with E-state index in [1.807, 2.05) is 0 Å². The molecule has 0 spiro atoms. The van der Waals surface area contributed by atoms with Crippen LogP contribution in [-0.4, -0.2) is 106 Å². The Balaban J connectivity index is 1.23. The van der Waals surface area contributed by atoms with Crippen molar-refractivity contribution >= 4 is 81.6 Å². The number of carbonyl (C=O) groups excluding carboxylic acids is 5. The van der Waals surface area contributed by atoms with Gasteiger partial charge in [0.15, 0.2) is 11.2 Å². The fourth-order valence-corrected chi connectivity index (χ4v) is 6.34. The van der Waals surface area contributed by atoms with Crippen LogP contribution in [-0.2, 0) is 35.3 Å². The molecule has 3 aromatic rings. The number of aromatic nitrogens is 4. The van der Waals surface area contributed by atoms with E-state index in [0.29, 0.717) is 17.1 Å². The number of likely N-dealkylation sites (tertiary alicyclic amines) is 1. The highest BCUT2D eigenvalue weighted by Crippen LogP contribution is 2.28. The molecule has 2 aromatic heterocycles. The maximum absolute atomic E-state index is 12.8. The average Bonchev–Trinajstić information content (AvgIpc) is 3.39. The Morgan fingerprint density at radius 3 is 2.44 bits per heavy atom. The predicted molar refractivity (Wildman–Crippen MR) is 194 cm³/mol. The zero-order valence-corrected chi connectivity index (χ0v) is 30.0. The average molecular weight is 767 g/mol. The van der Waals surface area contributed by atoms with Gasteiger partial charge in [-0.25, -0.2) is 20.2 Å². The predicted octanol–water partition coefficient (Wildman–Crippen LogP) is 0.293. The number of hydrazone groups is 1. The molecule has 1 fully saturated rings. The van der Waals surface area contributed by atoms with E-state index in [1.54, 1.807) is 26.0 Å². The second-order valence-corrected chi connectivity index (χ2v) is 13.6. The molecule has 1 saturated heterocycles. The molecule has 1 aliphatic rings. The van der Waals surface area contributed by atoms with E-state index < -0.39 is 70.5 Å². The molecule has 1 aliphatic heterocycles. The third kappa shape index (κ3) is 11.4. The van der Waals surface area contributed by atoms with Gasteiger partial charge in [0.1, 0.15) is 11.8 Å². The number of nitrogens with one attached hydrogen (secondary N) is 4. The summed E-state index contributed by atoms with van der Waals surface area (Å²) in [6, 6.07) is 4.57.